The average Bonchev–Trinajstić information content (AvgIpc) is 2.97. The maximum absolute atomic E-state index is 12.1. The van der Waals surface area contributed by atoms with Gasteiger partial charge in [0.1, 0.15) is 5.69 Å². The van der Waals surface area contributed by atoms with Gasteiger partial charge in [-0.25, -0.2) is 0 Å². The van der Waals surface area contributed by atoms with Crippen molar-refractivity contribution in [3.63, 3.8) is 0 Å². The maximum Gasteiger partial charge on any atom is 0.271 e. The summed E-state index contributed by atoms with van der Waals surface area (Å²) < 4.78 is 0. The highest BCUT2D eigenvalue weighted by Crippen LogP contribution is 2.24. The fraction of sp³-hybridized carbons (Fsp3) is 0.667. The Kier molecular flexibility index (Phi) is 4.98. The first-order valence-electron chi connectivity index (χ1n) is 7.59. The molecular weight excluding hydrogens is 268 g/mol. The van der Waals surface area contributed by atoms with Gasteiger partial charge in [0, 0.05) is 24.7 Å². The van der Waals surface area contributed by atoms with Crippen LogP contribution < -0.4 is 10.6 Å². The van der Waals surface area contributed by atoms with Crippen LogP contribution in [0.4, 0.5) is 0 Å². The van der Waals surface area contributed by atoms with E-state index in [1.807, 2.05) is 0 Å². The van der Waals surface area contributed by atoms with Gasteiger partial charge in [-0.1, -0.05) is 13.8 Å². The number of nitrogens with zero attached hydrogens (tertiary/aromatic N) is 1. The Bertz CT molecular complexity index is 502. The first-order valence-corrected chi connectivity index (χ1v) is 7.59. The van der Waals surface area contributed by atoms with E-state index in [9.17, 15) is 9.59 Å². The zero-order chi connectivity index (χ0) is 15.4. The smallest absolute Gasteiger partial charge is 0.271 e. The summed E-state index contributed by atoms with van der Waals surface area (Å²) in [6, 6.07) is 1.94. The molecule has 0 unspecified atom stereocenters. The number of carbonyl (C=O) groups excluding carboxylic acids is 2. The molecule has 2 amide bonds. The van der Waals surface area contributed by atoms with Gasteiger partial charge in [-0.15, -0.1) is 0 Å². The van der Waals surface area contributed by atoms with Gasteiger partial charge < -0.3 is 10.6 Å². The third kappa shape index (κ3) is 3.83. The van der Waals surface area contributed by atoms with E-state index in [4.69, 9.17) is 0 Å². The lowest BCUT2D eigenvalue weighted by Crippen LogP contribution is -2.40. The van der Waals surface area contributed by atoms with Gasteiger partial charge in [0.15, 0.2) is 0 Å². The Morgan fingerprint density at radius 2 is 1.95 bits per heavy atom. The van der Waals surface area contributed by atoms with E-state index in [0.717, 1.165) is 31.4 Å². The van der Waals surface area contributed by atoms with Crippen LogP contribution in [0.3, 0.4) is 0 Å². The number of hydrogen-bond acceptors (Lipinski definition) is 3. The molecule has 1 heterocycles. The third-order valence-corrected chi connectivity index (χ3v) is 4.13. The molecule has 0 bridgehead atoms. The van der Waals surface area contributed by atoms with Crippen LogP contribution in [0.25, 0.3) is 0 Å². The molecule has 2 rings (SSSR count). The van der Waals surface area contributed by atoms with Crippen LogP contribution >= 0.6 is 0 Å². The van der Waals surface area contributed by atoms with Gasteiger partial charge in [-0.3, -0.25) is 14.7 Å². The molecule has 6 nitrogen and oxygen atoms in total. The minimum atomic E-state index is -0.137. The van der Waals surface area contributed by atoms with Crippen molar-refractivity contribution >= 4 is 11.8 Å². The molecule has 1 aromatic heterocycles. The first kappa shape index (κ1) is 15.5. The van der Waals surface area contributed by atoms with E-state index >= 15 is 0 Å². The zero-order valence-electron chi connectivity index (χ0n) is 12.9. The number of nitrogens with one attached hydrogen (secondary N) is 3. The summed E-state index contributed by atoms with van der Waals surface area (Å²) in [5, 5.41) is 12.6. The Balaban J connectivity index is 1.85. The summed E-state index contributed by atoms with van der Waals surface area (Å²) >= 11 is 0. The summed E-state index contributed by atoms with van der Waals surface area (Å²) in [5.41, 5.74) is 1.40. The van der Waals surface area contributed by atoms with Crippen LogP contribution in [-0.2, 0) is 4.79 Å². The molecule has 116 valence electrons. The van der Waals surface area contributed by atoms with E-state index in [-0.39, 0.29) is 23.8 Å². The van der Waals surface area contributed by atoms with E-state index in [0.29, 0.717) is 11.6 Å². The van der Waals surface area contributed by atoms with E-state index in [1.54, 1.807) is 13.1 Å². The summed E-state index contributed by atoms with van der Waals surface area (Å²) in [5.74, 6) is 0.373. The predicted molar refractivity (Wildman–Crippen MR) is 80.0 cm³/mol. The summed E-state index contributed by atoms with van der Waals surface area (Å²) in [6.45, 7) is 4.10. The van der Waals surface area contributed by atoms with Crippen molar-refractivity contribution < 1.29 is 9.59 Å². The highest BCUT2D eigenvalue weighted by molar-refractivity contribution is 5.92. The van der Waals surface area contributed by atoms with Gasteiger partial charge in [-0.05, 0) is 37.7 Å². The minimum absolute atomic E-state index is 0.0843. The normalized spacial score (nSPS) is 22.1. The molecular formula is C15H24N4O2. The van der Waals surface area contributed by atoms with Crippen LogP contribution in [0.15, 0.2) is 6.07 Å². The van der Waals surface area contributed by atoms with Crippen LogP contribution in [0, 0.1) is 5.92 Å². The maximum atomic E-state index is 12.1. The SMILES string of the molecule is CNC(=O)C1CCC(NC(=O)c2cc(C(C)C)[nH]n2)CC1. The largest absolute Gasteiger partial charge is 0.359 e. The van der Waals surface area contributed by atoms with Crippen LogP contribution in [0.5, 0.6) is 0 Å². The Morgan fingerprint density at radius 1 is 1.29 bits per heavy atom. The molecule has 1 saturated carbocycles. The summed E-state index contributed by atoms with van der Waals surface area (Å²) in [4.78, 5) is 23.7. The highest BCUT2D eigenvalue weighted by atomic mass is 16.2. The van der Waals surface area contributed by atoms with E-state index in [2.05, 4.69) is 34.7 Å². The number of aromatic nitrogens is 2. The fourth-order valence-corrected chi connectivity index (χ4v) is 2.71. The van der Waals surface area contributed by atoms with Crippen molar-refractivity contribution in [2.24, 2.45) is 5.92 Å². The molecule has 0 aromatic carbocycles. The summed E-state index contributed by atoms with van der Waals surface area (Å²) in [7, 11) is 1.67. The minimum Gasteiger partial charge on any atom is -0.359 e. The lowest BCUT2D eigenvalue weighted by Gasteiger charge is -2.27. The number of amides is 2. The second-order valence-corrected chi connectivity index (χ2v) is 6.00. The van der Waals surface area contributed by atoms with Crippen LogP contribution in [-0.4, -0.2) is 35.1 Å². The van der Waals surface area contributed by atoms with Crippen molar-refractivity contribution in [1.82, 2.24) is 20.8 Å². The fourth-order valence-electron chi connectivity index (χ4n) is 2.71. The predicted octanol–water partition coefficient (Wildman–Crippen LogP) is 1.57. The van der Waals surface area contributed by atoms with Crippen molar-refractivity contribution in [3.05, 3.63) is 17.5 Å². The highest BCUT2D eigenvalue weighted by Gasteiger charge is 2.27. The molecule has 1 aliphatic carbocycles. The van der Waals surface area contributed by atoms with Gasteiger partial charge in [0.2, 0.25) is 5.91 Å². The lowest BCUT2D eigenvalue weighted by molar-refractivity contribution is -0.125. The van der Waals surface area contributed by atoms with Crippen LogP contribution in [0.1, 0.15) is 61.6 Å². The molecule has 6 heteroatoms. The number of carbonyl (C=O) groups is 2. The van der Waals surface area contributed by atoms with Gasteiger partial charge >= 0.3 is 0 Å². The molecule has 1 aliphatic rings. The third-order valence-electron chi connectivity index (χ3n) is 4.13. The van der Waals surface area contributed by atoms with Gasteiger partial charge in [-0.2, -0.15) is 5.10 Å². The molecule has 0 atom stereocenters. The van der Waals surface area contributed by atoms with E-state index < -0.39 is 0 Å². The molecule has 0 spiro atoms. The molecule has 1 fully saturated rings. The molecule has 21 heavy (non-hydrogen) atoms. The standard InChI is InChI=1S/C15H24N4O2/c1-9(2)12-8-13(19-18-12)15(21)17-11-6-4-10(5-7-11)14(20)16-3/h8-11H,4-7H2,1-3H3,(H,16,20)(H,17,21)(H,18,19). The van der Waals surface area contributed by atoms with Crippen molar-refractivity contribution in [2.75, 3.05) is 7.05 Å². The first-order chi connectivity index (χ1) is 10.0. The number of H-pyrrole nitrogens is 1. The average molecular weight is 292 g/mol. The second-order valence-electron chi connectivity index (χ2n) is 6.00. The zero-order valence-corrected chi connectivity index (χ0v) is 12.9. The van der Waals surface area contributed by atoms with Crippen molar-refractivity contribution in [2.45, 2.75) is 51.5 Å². The topological polar surface area (TPSA) is 86.9 Å². The Labute approximate surface area is 125 Å². The van der Waals surface area contributed by atoms with Gasteiger partial charge in [0.25, 0.3) is 5.91 Å². The Morgan fingerprint density at radius 3 is 2.48 bits per heavy atom. The molecule has 0 aliphatic heterocycles. The number of rotatable bonds is 4. The summed E-state index contributed by atoms with van der Waals surface area (Å²) in [6.07, 6.45) is 3.32. The van der Waals surface area contributed by atoms with Crippen molar-refractivity contribution in [1.29, 1.82) is 0 Å². The number of aromatic amines is 1. The van der Waals surface area contributed by atoms with Crippen molar-refractivity contribution in [3.8, 4) is 0 Å². The second kappa shape index (κ2) is 6.74. The number of hydrogen-bond donors (Lipinski definition) is 3. The van der Waals surface area contributed by atoms with E-state index in [1.165, 1.54) is 0 Å². The monoisotopic (exact) mass is 292 g/mol. The molecule has 3 N–H and O–H groups in total. The Hall–Kier alpha value is -1.85. The quantitative estimate of drug-likeness (QED) is 0.787. The lowest BCUT2D eigenvalue weighted by atomic mass is 9.85. The molecule has 0 radical (unpaired) electrons. The van der Waals surface area contributed by atoms with Gasteiger partial charge in [0.05, 0.1) is 0 Å². The molecule has 0 saturated heterocycles. The van der Waals surface area contributed by atoms with Crippen LogP contribution in [0.2, 0.25) is 0 Å². The molecule has 1 aromatic rings.